The molecule has 9 nitrogen and oxygen atoms in total. The summed E-state index contributed by atoms with van der Waals surface area (Å²) in [4.78, 5) is 30.3. The average molecular weight is 549 g/mol. The second-order valence-electron chi connectivity index (χ2n) is 8.45. The second-order valence-corrected chi connectivity index (χ2v) is 8.45. The number of aliphatic imine (C=N–C) groups is 1. The molecule has 1 aromatic heterocycles. The van der Waals surface area contributed by atoms with Gasteiger partial charge in [-0.05, 0) is 53.0 Å². The molecule has 0 saturated carbocycles. The first kappa shape index (κ1) is 27.1. The number of nitrogens with one attached hydrogen (secondary N) is 3. The van der Waals surface area contributed by atoms with Crippen LogP contribution in [0.25, 0.3) is 0 Å². The first-order chi connectivity index (χ1) is 14.2. The molecule has 1 unspecified atom stereocenters. The molecule has 1 atom stereocenters. The predicted molar refractivity (Wildman–Crippen MR) is 131 cm³/mol. The Balaban J connectivity index is 0.00000480. The van der Waals surface area contributed by atoms with E-state index in [1.165, 1.54) is 6.26 Å². The average Bonchev–Trinajstić information content (AvgIpc) is 3.11. The van der Waals surface area contributed by atoms with E-state index in [1.807, 2.05) is 27.7 Å². The highest BCUT2D eigenvalue weighted by Gasteiger charge is 2.28. The number of carbonyl (C=O) groups is 2. The zero-order chi connectivity index (χ0) is 22.1. The second kappa shape index (κ2) is 12.8. The van der Waals surface area contributed by atoms with E-state index in [4.69, 9.17) is 9.15 Å². The lowest BCUT2D eigenvalue weighted by atomic mass is 10.1. The number of hydrogen-bond acceptors (Lipinski definition) is 5. The molecule has 2 rings (SSSR count). The van der Waals surface area contributed by atoms with Gasteiger partial charge in [-0.2, -0.15) is 0 Å². The highest BCUT2D eigenvalue weighted by Crippen LogP contribution is 2.15. The summed E-state index contributed by atoms with van der Waals surface area (Å²) in [5, 5.41) is 9.46. The van der Waals surface area contributed by atoms with Crippen LogP contribution < -0.4 is 16.0 Å². The first-order valence-corrected chi connectivity index (χ1v) is 10.5. The van der Waals surface area contributed by atoms with E-state index in [-0.39, 0.29) is 42.0 Å². The summed E-state index contributed by atoms with van der Waals surface area (Å²) in [6.45, 7) is 9.91. The molecule has 0 bridgehead atoms. The SMILES string of the molecule is CN=C(NCCCNC(=O)c1occc1C)NC1CCCN(C(=O)OC(C)(C)C)C1.I. The van der Waals surface area contributed by atoms with Gasteiger partial charge in [0.25, 0.3) is 5.91 Å². The largest absolute Gasteiger partial charge is 0.459 e. The van der Waals surface area contributed by atoms with E-state index in [0.29, 0.717) is 37.9 Å². The number of rotatable bonds is 6. The van der Waals surface area contributed by atoms with Gasteiger partial charge >= 0.3 is 6.09 Å². The molecule has 2 heterocycles. The number of hydrogen-bond donors (Lipinski definition) is 3. The number of furan rings is 1. The lowest BCUT2D eigenvalue weighted by Crippen LogP contribution is -2.53. The van der Waals surface area contributed by atoms with E-state index in [9.17, 15) is 9.59 Å². The summed E-state index contributed by atoms with van der Waals surface area (Å²) < 4.78 is 10.7. The maximum absolute atomic E-state index is 12.3. The minimum absolute atomic E-state index is 0. The molecule has 31 heavy (non-hydrogen) atoms. The molecule has 1 aliphatic heterocycles. The minimum atomic E-state index is -0.500. The van der Waals surface area contributed by atoms with Crippen LogP contribution in [-0.4, -0.2) is 67.7 Å². The number of carbonyl (C=O) groups excluding carboxylic acids is 2. The Morgan fingerprint density at radius 1 is 1.29 bits per heavy atom. The summed E-state index contributed by atoms with van der Waals surface area (Å²) in [7, 11) is 1.71. The molecule has 1 fully saturated rings. The van der Waals surface area contributed by atoms with E-state index in [1.54, 1.807) is 18.0 Å². The maximum Gasteiger partial charge on any atom is 0.410 e. The molecule has 1 aliphatic rings. The van der Waals surface area contributed by atoms with Crippen LogP contribution in [0.3, 0.4) is 0 Å². The van der Waals surface area contributed by atoms with Crippen molar-refractivity contribution in [2.24, 2.45) is 4.99 Å². The van der Waals surface area contributed by atoms with Crippen molar-refractivity contribution in [3.8, 4) is 0 Å². The number of halogens is 1. The molecule has 176 valence electrons. The van der Waals surface area contributed by atoms with Gasteiger partial charge in [-0.3, -0.25) is 9.79 Å². The molecule has 10 heteroatoms. The smallest absolute Gasteiger partial charge is 0.410 e. The molecule has 0 aliphatic carbocycles. The van der Waals surface area contributed by atoms with Gasteiger partial charge in [0, 0.05) is 44.8 Å². The van der Waals surface area contributed by atoms with Gasteiger partial charge < -0.3 is 30.0 Å². The molecule has 0 aromatic carbocycles. The van der Waals surface area contributed by atoms with Crippen molar-refractivity contribution in [3.05, 3.63) is 23.7 Å². The molecular weight excluding hydrogens is 513 g/mol. The van der Waals surface area contributed by atoms with Crippen LogP contribution in [0.15, 0.2) is 21.7 Å². The quantitative estimate of drug-likeness (QED) is 0.218. The van der Waals surface area contributed by atoms with Crippen molar-refractivity contribution in [2.45, 2.75) is 58.6 Å². The third-order valence-electron chi connectivity index (χ3n) is 4.64. The minimum Gasteiger partial charge on any atom is -0.459 e. The standard InChI is InChI=1S/C21H35N5O4.HI/c1-15-9-13-29-17(15)18(27)23-10-7-11-24-19(22-5)25-16-8-6-12-26(14-16)20(28)30-21(2,3)4;/h9,13,16H,6-8,10-12,14H2,1-5H3,(H,23,27)(H2,22,24,25);1H. The molecule has 1 saturated heterocycles. The lowest BCUT2D eigenvalue weighted by Gasteiger charge is -2.35. The van der Waals surface area contributed by atoms with Gasteiger partial charge in [0.1, 0.15) is 5.60 Å². The van der Waals surface area contributed by atoms with Crippen molar-refractivity contribution in [3.63, 3.8) is 0 Å². The van der Waals surface area contributed by atoms with E-state index in [2.05, 4.69) is 20.9 Å². The predicted octanol–water partition coefficient (Wildman–Crippen LogP) is 2.89. The van der Waals surface area contributed by atoms with Gasteiger partial charge in [-0.1, -0.05) is 0 Å². The van der Waals surface area contributed by atoms with E-state index < -0.39 is 5.60 Å². The molecule has 2 amide bonds. The molecule has 1 aromatic rings. The van der Waals surface area contributed by atoms with Gasteiger partial charge in [-0.15, -0.1) is 24.0 Å². The van der Waals surface area contributed by atoms with Crippen molar-refractivity contribution >= 4 is 41.9 Å². The van der Waals surface area contributed by atoms with Gasteiger partial charge in [-0.25, -0.2) is 4.79 Å². The number of nitrogens with zero attached hydrogens (tertiary/aromatic N) is 2. The fourth-order valence-corrected chi connectivity index (χ4v) is 3.16. The van der Waals surface area contributed by atoms with Crippen LogP contribution in [0.5, 0.6) is 0 Å². The normalized spacial score (nSPS) is 16.9. The van der Waals surface area contributed by atoms with Crippen LogP contribution in [0, 0.1) is 6.92 Å². The molecule has 3 N–H and O–H groups in total. The zero-order valence-electron chi connectivity index (χ0n) is 19.1. The van der Waals surface area contributed by atoms with E-state index in [0.717, 1.165) is 24.8 Å². The first-order valence-electron chi connectivity index (χ1n) is 10.5. The summed E-state index contributed by atoms with van der Waals surface area (Å²) in [5.74, 6) is 0.830. The Morgan fingerprint density at radius 2 is 2.00 bits per heavy atom. The van der Waals surface area contributed by atoms with Crippen LogP contribution in [0.2, 0.25) is 0 Å². The van der Waals surface area contributed by atoms with Crippen LogP contribution in [0.1, 0.15) is 56.2 Å². The molecule has 0 spiro atoms. The maximum atomic E-state index is 12.3. The summed E-state index contributed by atoms with van der Waals surface area (Å²) in [5.41, 5.74) is 0.322. The van der Waals surface area contributed by atoms with Gasteiger partial charge in [0.2, 0.25) is 0 Å². The number of ether oxygens (including phenoxy) is 1. The molecular formula is C21H36IN5O4. The third-order valence-corrected chi connectivity index (χ3v) is 4.64. The van der Waals surface area contributed by atoms with Crippen LogP contribution in [0.4, 0.5) is 4.79 Å². The van der Waals surface area contributed by atoms with Gasteiger partial charge in [0.15, 0.2) is 11.7 Å². The van der Waals surface area contributed by atoms with Crippen LogP contribution in [-0.2, 0) is 4.74 Å². The van der Waals surface area contributed by atoms with Crippen molar-refractivity contribution in [2.75, 3.05) is 33.2 Å². The number of likely N-dealkylation sites (tertiary alicyclic amines) is 1. The Bertz CT molecular complexity index is 744. The Labute approximate surface area is 201 Å². The highest BCUT2D eigenvalue weighted by atomic mass is 127. The number of piperidine rings is 1. The monoisotopic (exact) mass is 549 g/mol. The van der Waals surface area contributed by atoms with E-state index >= 15 is 0 Å². The van der Waals surface area contributed by atoms with Crippen LogP contribution >= 0.6 is 24.0 Å². The Kier molecular flexibility index (Phi) is 11.1. The molecule has 0 radical (unpaired) electrons. The Morgan fingerprint density at radius 3 is 2.61 bits per heavy atom. The van der Waals surface area contributed by atoms with Crippen molar-refractivity contribution in [1.29, 1.82) is 0 Å². The van der Waals surface area contributed by atoms with Crippen molar-refractivity contribution in [1.82, 2.24) is 20.9 Å². The number of amides is 2. The van der Waals surface area contributed by atoms with Crippen molar-refractivity contribution < 1.29 is 18.7 Å². The third kappa shape index (κ3) is 9.36. The number of guanidine groups is 1. The Hall–Kier alpha value is -1.98. The zero-order valence-corrected chi connectivity index (χ0v) is 21.4. The van der Waals surface area contributed by atoms with Gasteiger partial charge in [0.05, 0.1) is 6.26 Å². The lowest BCUT2D eigenvalue weighted by molar-refractivity contribution is 0.0193. The summed E-state index contributed by atoms with van der Waals surface area (Å²) in [6, 6.07) is 1.88. The fraction of sp³-hybridized carbons (Fsp3) is 0.667. The topological polar surface area (TPSA) is 108 Å². The highest BCUT2D eigenvalue weighted by molar-refractivity contribution is 14.0. The summed E-state index contributed by atoms with van der Waals surface area (Å²) in [6.07, 6.45) is 3.84. The number of aryl methyl sites for hydroxylation is 1. The summed E-state index contributed by atoms with van der Waals surface area (Å²) >= 11 is 0. The fourth-order valence-electron chi connectivity index (χ4n) is 3.16.